The zero-order chi connectivity index (χ0) is 24.2. The molecule has 12 heteroatoms. The molecule has 5 rings (SSSR count). The van der Waals surface area contributed by atoms with Crippen molar-refractivity contribution in [2.75, 3.05) is 20.2 Å². The first-order chi connectivity index (χ1) is 16.2. The summed E-state index contributed by atoms with van der Waals surface area (Å²) in [6, 6.07) is 5.57. The molecular weight excluding hydrogens is 459 g/mol. The summed E-state index contributed by atoms with van der Waals surface area (Å²) in [5.74, 6) is -0.338. The molecule has 0 aliphatic carbocycles. The van der Waals surface area contributed by atoms with Crippen LogP contribution in [-0.4, -0.2) is 63.1 Å². The monoisotopic (exact) mass is 478 g/mol. The molecule has 1 aliphatic heterocycles. The largest absolute Gasteiger partial charge is 0.494 e. The van der Waals surface area contributed by atoms with Gasteiger partial charge in [-0.3, -0.25) is 9.30 Å². The molecule has 0 saturated carbocycles. The van der Waals surface area contributed by atoms with Crippen LogP contribution in [-0.2, 0) is 0 Å². The zero-order valence-corrected chi connectivity index (χ0v) is 17.8. The molecule has 4 aromatic rings. The molecule has 7 nitrogen and oxygen atoms in total. The van der Waals surface area contributed by atoms with Crippen LogP contribution in [0.2, 0.25) is 0 Å². The molecule has 0 amide bonds. The van der Waals surface area contributed by atoms with Gasteiger partial charge in [0, 0.05) is 36.8 Å². The summed E-state index contributed by atoms with van der Waals surface area (Å²) < 4.78 is 76.4. The molecule has 0 spiro atoms. The first kappa shape index (κ1) is 22.4. The summed E-state index contributed by atoms with van der Waals surface area (Å²) in [5, 5.41) is 8.62. The molecule has 2 N–H and O–H groups in total. The number of pyridine rings is 2. The summed E-state index contributed by atoms with van der Waals surface area (Å²) >= 11 is 0. The van der Waals surface area contributed by atoms with Gasteiger partial charge in [-0.2, -0.15) is 13.2 Å². The number of alkyl halides is 4. The van der Waals surface area contributed by atoms with Crippen LogP contribution in [0.15, 0.2) is 42.6 Å². The minimum atomic E-state index is -4.66. The van der Waals surface area contributed by atoms with Crippen LogP contribution in [0, 0.1) is 5.82 Å². The number of nitrogens with two attached hydrogens (primary N) is 1. The van der Waals surface area contributed by atoms with E-state index in [4.69, 9.17) is 10.5 Å². The molecule has 3 aromatic heterocycles. The van der Waals surface area contributed by atoms with Crippen molar-refractivity contribution in [1.82, 2.24) is 24.5 Å². The van der Waals surface area contributed by atoms with Gasteiger partial charge >= 0.3 is 6.18 Å². The van der Waals surface area contributed by atoms with Gasteiger partial charge in [-0.25, -0.2) is 13.8 Å². The van der Waals surface area contributed by atoms with Crippen LogP contribution >= 0.6 is 0 Å². The fourth-order valence-corrected chi connectivity index (χ4v) is 4.29. The number of fused-ring (bicyclic) bond motifs is 2. The minimum Gasteiger partial charge on any atom is -0.494 e. The summed E-state index contributed by atoms with van der Waals surface area (Å²) in [4.78, 5) is 5.47. The lowest BCUT2D eigenvalue weighted by atomic mass is 10.1. The van der Waals surface area contributed by atoms with Crippen molar-refractivity contribution >= 4 is 16.6 Å². The Balaban J connectivity index is 1.60. The Morgan fingerprint density at radius 2 is 1.91 bits per heavy atom. The van der Waals surface area contributed by atoms with Crippen LogP contribution < -0.4 is 10.5 Å². The second-order valence-corrected chi connectivity index (χ2v) is 8.17. The summed E-state index contributed by atoms with van der Waals surface area (Å²) in [6.07, 6.45) is -4.92. The molecule has 1 aliphatic rings. The smallest absolute Gasteiger partial charge is 0.408 e. The van der Waals surface area contributed by atoms with Gasteiger partial charge in [-0.05, 0) is 23.8 Å². The Bertz CT molecular complexity index is 1360. The summed E-state index contributed by atoms with van der Waals surface area (Å²) in [5.41, 5.74) is 6.56. The number of ether oxygens (including phenoxy) is 1. The summed E-state index contributed by atoms with van der Waals surface area (Å²) in [7, 11) is 1.33. The minimum absolute atomic E-state index is 0.00791. The average Bonchev–Trinajstić information content (AvgIpc) is 3.34. The molecule has 178 valence electrons. The molecule has 1 saturated heterocycles. The number of hydrogen-bond donors (Lipinski definition) is 1. The lowest BCUT2D eigenvalue weighted by Crippen LogP contribution is -2.38. The third-order valence-electron chi connectivity index (χ3n) is 5.93. The number of aromatic nitrogens is 4. The van der Waals surface area contributed by atoms with Gasteiger partial charge in [0.05, 0.1) is 12.6 Å². The maximum Gasteiger partial charge on any atom is 0.408 e. The SMILES string of the molecule is COc1cc2nc(-c3nnc4ccc([C@@H](N5C[C@@H](N)[C@H](F)C5)C(F)(F)F)cn34)ccc2cc1F. The maximum atomic E-state index is 14.0. The predicted octanol–water partition coefficient (Wildman–Crippen LogP) is 3.68. The topological polar surface area (TPSA) is 81.6 Å². The van der Waals surface area contributed by atoms with Crippen molar-refractivity contribution in [2.24, 2.45) is 5.73 Å². The van der Waals surface area contributed by atoms with Crippen LogP contribution in [0.5, 0.6) is 5.75 Å². The molecular formula is C22H19F5N6O. The lowest BCUT2D eigenvalue weighted by Gasteiger charge is -2.29. The number of methoxy groups -OCH3 is 1. The molecule has 0 radical (unpaired) electrons. The van der Waals surface area contributed by atoms with E-state index in [0.29, 0.717) is 22.2 Å². The van der Waals surface area contributed by atoms with Gasteiger partial charge in [-0.1, -0.05) is 12.1 Å². The van der Waals surface area contributed by atoms with Crippen LogP contribution in [0.1, 0.15) is 11.6 Å². The fraction of sp³-hybridized carbons (Fsp3) is 0.318. The number of halogens is 5. The van der Waals surface area contributed by atoms with Crippen molar-refractivity contribution in [1.29, 1.82) is 0 Å². The zero-order valence-electron chi connectivity index (χ0n) is 17.8. The molecule has 4 heterocycles. The van der Waals surface area contributed by atoms with E-state index in [0.717, 1.165) is 4.90 Å². The highest BCUT2D eigenvalue weighted by Crippen LogP contribution is 2.40. The Kier molecular flexibility index (Phi) is 5.36. The number of nitrogens with zero attached hydrogens (tertiary/aromatic N) is 5. The predicted molar refractivity (Wildman–Crippen MR) is 113 cm³/mol. The number of likely N-dealkylation sites (tertiary alicyclic amines) is 1. The van der Waals surface area contributed by atoms with E-state index in [2.05, 4.69) is 15.2 Å². The first-order valence-electron chi connectivity index (χ1n) is 10.4. The van der Waals surface area contributed by atoms with Gasteiger partial charge < -0.3 is 10.5 Å². The third kappa shape index (κ3) is 3.82. The van der Waals surface area contributed by atoms with Crippen LogP contribution in [0.3, 0.4) is 0 Å². The third-order valence-corrected chi connectivity index (χ3v) is 5.93. The van der Waals surface area contributed by atoms with E-state index < -0.39 is 36.8 Å². The molecule has 1 fully saturated rings. The Hall–Kier alpha value is -3.38. The number of rotatable bonds is 4. The Morgan fingerprint density at radius 1 is 1.12 bits per heavy atom. The Labute approximate surface area is 190 Å². The quantitative estimate of drug-likeness (QED) is 0.451. The van der Waals surface area contributed by atoms with Crippen molar-refractivity contribution in [3.63, 3.8) is 0 Å². The highest BCUT2D eigenvalue weighted by molar-refractivity contribution is 5.82. The van der Waals surface area contributed by atoms with E-state index in [9.17, 15) is 22.0 Å². The van der Waals surface area contributed by atoms with Crippen molar-refractivity contribution < 1.29 is 26.7 Å². The number of benzene rings is 1. The molecule has 0 bridgehead atoms. The Morgan fingerprint density at radius 3 is 2.59 bits per heavy atom. The summed E-state index contributed by atoms with van der Waals surface area (Å²) in [6.45, 7) is -0.633. The van der Waals surface area contributed by atoms with Crippen molar-refractivity contribution in [3.8, 4) is 17.3 Å². The normalized spacial score (nSPS) is 20.3. The van der Waals surface area contributed by atoms with Crippen molar-refractivity contribution in [3.05, 3.63) is 54.0 Å². The van der Waals surface area contributed by atoms with Gasteiger partial charge in [0.15, 0.2) is 23.0 Å². The van der Waals surface area contributed by atoms with E-state index >= 15 is 0 Å². The van der Waals surface area contributed by atoms with Gasteiger partial charge in [0.1, 0.15) is 17.9 Å². The van der Waals surface area contributed by atoms with Crippen LogP contribution in [0.25, 0.3) is 28.1 Å². The fourth-order valence-electron chi connectivity index (χ4n) is 4.29. The molecule has 3 atom stereocenters. The lowest BCUT2D eigenvalue weighted by molar-refractivity contribution is -0.184. The standard InChI is InChI=1S/C22H19F5N6O/c1-34-18-7-17-11(6-13(18)23)2-4-16(29-17)21-31-30-19-5-3-12(8-33(19)21)20(22(25,26)27)32-9-14(24)15(28)10-32/h2-8,14-15,20H,9-10,28H2,1H3/t14-,15-,20-/m1/s1. The van der Waals surface area contributed by atoms with Crippen LogP contribution in [0.4, 0.5) is 22.0 Å². The average molecular weight is 478 g/mol. The van der Waals surface area contributed by atoms with Gasteiger partial charge in [0.2, 0.25) is 0 Å². The van der Waals surface area contributed by atoms with Gasteiger partial charge in [-0.15, -0.1) is 10.2 Å². The second-order valence-electron chi connectivity index (χ2n) is 8.17. The maximum absolute atomic E-state index is 14.0. The van der Waals surface area contributed by atoms with E-state index in [1.54, 1.807) is 12.1 Å². The highest BCUT2D eigenvalue weighted by Gasteiger charge is 2.48. The first-order valence-corrected chi connectivity index (χ1v) is 10.4. The highest BCUT2D eigenvalue weighted by atomic mass is 19.4. The van der Waals surface area contributed by atoms with E-state index in [1.165, 1.54) is 42.0 Å². The molecule has 0 unspecified atom stereocenters. The molecule has 1 aromatic carbocycles. The second kappa shape index (κ2) is 8.13. The number of hydrogen-bond acceptors (Lipinski definition) is 6. The molecule has 34 heavy (non-hydrogen) atoms. The van der Waals surface area contributed by atoms with Gasteiger partial charge in [0.25, 0.3) is 0 Å². The van der Waals surface area contributed by atoms with Crippen molar-refractivity contribution in [2.45, 2.75) is 24.4 Å². The van der Waals surface area contributed by atoms with E-state index in [1.807, 2.05) is 0 Å². The van der Waals surface area contributed by atoms with E-state index in [-0.39, 0.29) is 23.7 Å².